The van der Waals surface area contributed by atoms with E-state index in [1.807, 2.05) is 6.07 Å². The second-order valence-electron chi connectivity index (χ2n) is 4.33. The lowest BCUT2D eigenvalue weighted by Crippen LogP contribution is -2.28. The smallest absolute Gasteiger partial charge is 0.328 e. The molecule has 0 fully saturated rings. The number of nitriles is 1. The average Bonchev–Trinajstić information content (AvgIpc) is 2.42. The molecule has 0 saturated carbocycles. The zero-order valence-corrected chi connectivity index (χ0v) is 11.5. The van der Waals surface area contributed by atoms with Crippen LogP contribution in [-0.2, 0) is 4.79 Å². The summed E-state index contributed by atoms with van der Waals surface area (Å²) in [5, 5.41) is 17.2. The van der Waals surface area contributed by atoms with E-state index in [1.165, 1.54) is 11.0 Å². The fraction of sp³-hybridized carbons (Fsp3) is 0.267. The fourth-order valence-electron chi connectivity index (χ4n) is 1.75. The van der Waals surface area contributed by atoms with Crippen molar-refractivity contribution in [2.45, 2.75) is 13.3 Å². The fourth-order valence-corrected chi connectivity index (χ4v) is 1.75. The van der Waals surface area contributed by atoms with Crippen molar-refractivity contribution in [3.8, 4) is 6.07 Å². The van der Waals surface area contributed by atoms with Crippen LogP contribution in [0.3, 0.4) is 0 Å². The molecule has 1 N–H and O–H groups in total. The highest BCUT2D eigenvalue weighted by atomic mass is 16.4. The number of carbonyl (C=O) groups is 2. The van der Waals surface area contributed by atoms with E-state index in [1.54, 1.807) is 32.2 Å². The third-order valence-corrected chi connectivity index (χ3v) is 2.92. The van der Waals surface area contributed by atoms with Gasteiger partial charge in [0.15, 0.2) is 0 Å². The second kappa shape index (κ2) is 7.10. The number of amides is 1. The zero-order chi connectivity index (χ0) is 15.1. The summed E-state index contributed by atoms with van der Waals surface area (Å²) in [6, 6.07) is 7.15. The van der Waals surface area contributed by atoms with Crippen LogP contribution in [0.1, 0.15) is 27.9 Å². The Morgan fingerprint density at radius 1 is 1.45 bits per heavy atom. The molecule has 5 heteroatoms. The Balaban J connectivity index is 3.02. The highest BCUT2D eigenvalue weighted by Crippen LogP contribution is 2.17. The molecule has 0 saturated heterocycles. The molecule has 20 heavy (non-hydrogen) atoms. The van der Waals surface area contributed by atoms with E-state index in [9.17, 15) is 9.59 Å². The zero-order valence-electron chi connectivity index (χ0n) is 11.5. The maximum absolute atomic E-state index is 12.2. The first-order valence-corrected chi connectivity index (χ1v) is 6.10. The Labute approximate surface area is 117 Å². The van der Waals surface area contributed by atoms with Gasteiger partial charge >= 0.3 is 5.97 Å². The second-order valence-corrected chi connectivity index (χ2v) is 4.33. The van der Waals surface area contributed by atoms with Crippen molar-refractivity contribution in [3.05, 3.63) is 41.0 Å². The monoisotopic (exact) mass is 272 g/mol. The van der Waals surface area contributed by atoms with Gasteiger partial charge in [-0.3, -0.25) is 4.79 Å². The van der Waals surface area contributed by atoms with Crippen molar-refractivity contribution in [1.29, 1.82) is 5.26 Å². The van der Waals surface area contributed by atoms with Gasteiger partial charge in [0.05, 0.1) is 12.5 Å². The molecule has 0 atom stereocenters. The molecule has 0 radical (unpaired) electrons. The van der Waals surface area contributed by atoms with Crippen LogP contribution in [0.5, 0.6) is 0 Å². The van der Waals surface area contributed by atoms with Gasteiger partial charge in [-0.1, -0.05) is 12.1 Å². The lowest BCUT2D eigenvalue weighted by atomic mass is 10.0. The van der Waals surface area contributed by atoms with E-state index in [0.717, 1.165) is 11.6 Å². The normalized spacial score (nSPS) is 10.2. The van der Waals surface area contributed by atoms with Gasteiger partial charge in [0, 0.05) is 25.2 Å². The van der Waals surface area contributed by atoms with E-state index >= 15 is 0 Å². The molecule has 0 aromatic heterocycles. The predicted molar refractivity (Wildman–Crippen MR) is 75.0 cm³/mol. The predicted octanol–water partition coefficient (Wildman–Crippen LogP) is 2.08. The molecule has 104 valence electrons. The number of aliphatic carboxylic acids is 1. The summed E-state index contributed by atoms with van der Waals surface area (Å²) in [5.74, 6) is -1.21. The lowest BCUT2D eigenvalue weighted by Gasteiger charge is -2.17. The summed E-state index contributed by atoms with van der Waals surface area (Å²) in [6.45, 7) is 2.14. The van der Waals surface area contributed by atoms with Gasteiger partial charge in [-0.15, -0.1) is 0 Å². The van der Waals surface area contributed by atoms with Gasteiger partial charge in [0.25, 0.3) is 5.91 Å². The number of hydrogen-bond acceptors (Lipinski definition) is 3. The van der Waals surface area contributed by atoms with Crippen molar-refractivity contribution in [3.63, 3.8) is 0 Å². The van der Waals surface area contributed by atoms with Gasteiger partial charge in [0.2, 0.25) is 0 Å². The van der Waals surface area contributed by atoms with E-state index in [2.05, 4.69) is 0 Å². The number of hydrogen-bond donors (Lipinski definition) is 1. The molecule has 0 unspecified atom stereocenters. The molecule has 0 aliphatic heterocycles. The molecule has 5 nitrogen and oxygen atoms in total. The minimum absolute atomic E-state index is 0.177. The first-order valence-electron chi connectivity index (χ1n) is 6.10. The molecule has 0 aliphatic carbocycles. The Morgan fingerprint density at radius 3 is 2.75 bits per heavy atom. The molecule has 1 rings (SSSR count). The summed E-state index contributed by atoms with van der Waals surface area (Å²) in [4.78, 5) is 24.3. The van der Waals surface area contributed by atoms with E-state index < -0.39 is 5.97 Å². The summed E-state index contributed by atoms with van der Waals surface area (Å²) in [7, 11) is 1.64. The summed E-state index contributed by atoms with van der Waals surface area (Å²) < 4.78 is 0. The number of carboxylic acids is 1. The Bertz CT molecular complexity index is 585. The average molecular weight is 272 g/mol. The standard InChI is InChI=1S/C15H16N2O3/c1-11-12(7-8-14(18)19)5-3-6-13(11)15(20)17(2)10-4-9-16/h3,5-8H,4,10H2,1-2H3,(H,18,19). The van der Waals surface area contributed by atoms with Crippen LogP contribution in [0.15, 0.2) is 24.3 Å². The summed E-state index contributed by atoms with van der Waals surface area (Å²) >= 11 is 0. The maximum Gasteiger partial charge on any atom is 0.328 e. The highest BCUT2D eigenvalue weighted by Gasteiger charge is 2.14. The quantitative estimate of drug-likeness (QED) is 0.832. The topological polar surface area (TPSA) is 81.4 Å². The molecule has 0 bridgehead atoms. The molecule has 1 aromatic rings. The van der Waals surface area contributed by atoms with E-state index in [0.29, 0.717) is 17.7 Å². The molecule has 1 aromatic carbocycles. The van der Waals surface area contributed by atoms with Crippen molar-refractivity contribution < 1.29 is 14.7 Å². The number of rotatable bonds is 5. The van der Waals surface area contributed by atoms with Crippen molar-refractivity contribution in [2.75, 3.05) is 13.6 Å². The number of benzene rings is 1. The van der Waals surface area contributed by atoms with Crippen LogP contribution >= 0.6 is 0 Å². The van der Waals surface area contributed by atoms with Gasteiger partial charge in [-0.25, -0.2) is 4.79 Å². The van der Waals surface area contributed by atoms with Crippen molar-refractivity contribution in [1.82, 2.24) is 4.90 Å². The van der Waals surface area contributed by atoms with Gasteiger partial charge in [-0.2, -0.15) is 5.26 Å². The van der Waals surface area contributed by atoms with E-state index in [-0.39, 0.29) is 12.3 Å². The molecular weight excluding hydrogens is 256 g/mol. The third-order valence-electron chi connectivity index (χ3n) is 2.92. The molecule has 1 amide bonds. The third kappa shape index (κ3) is 3.95. The van der Waals surface area contributed by atoms with Gasteiger partial charge in [-0.05, 0) is 30.2 Å². The van der Waals surface area contributed by atoms with Crippen LogP contribution in [-0.4, -0.2) is 35.5 Å². The number of nitrogens with zero attached hydrogens (tertiary/aromatic N) is 2. The van der Waals surface area contributed by atoms with Crippen LogP contribution in [0.4, 0.5) is 0 Å². The Morgan fingerprint density at radius 2 is 2.15 bits per heavy atom. The Kier molecular flexibility index (Phi) is 5.48. The Hall–Kier alpha value is -2.61. The minimum atomic E-state index is -1.03. The molecule has 0 aliphatic rings. The molecule has 0 spiro atoms. The largest absolute Gasteiger partial charge is 0.478 e. The first-order chi connectivity index (χ1) is 9.47. The summed E-state index contributed by atoms with van der Waals surface area (Å²) in [6.07, 6.45) is 2.78. The van der Waals surface area contributed by atoms with Crippen LogP contribution < -0.4 is 0 Å². The minimum Gasteiger partial charge on any atom is -0.478 e. The van der Waals surface area contributed by atoms with Crippen LogP contribution in [0, 0.1) is 18.3 Å². The number of carboxylic acid groups (broad SMARTS) is 1. The van der Waals surface area contributed by atoms with Gasteiger partial charge < -0.3 is 10.0 Å². The van der Waals surface area contributed by atoms with Crippen LogP contribution in [0.25, 0.3) is 6.08 Å². The SMILES string of the molecule is Cc1c(C=CC(=O)O)cccc1C(=O)N(C)CCC#N. The van der Waals surface area contributed by atoms with E-state index in [4.69, 9.17) is 10.4 Å². The van der Waals surface area contributed by atoms with Crippen molar-refractivity contribution in [2.24, 2.45) is 0 Å². The highest BCUT2D eigenvalue weighted by molar-refractivity contribution is 5.96. The lowest BCUT2D eigenvalue weighted by molar-refractivity contribution is -0.131. The summed E-state index contributed by atoms with van der Waals surface area (Å²) in [5.41, 5.74) is 1.92. The van der Waals surface area contributed by atoms with Crippen LogP contribution in [0.2, 0.25) is 0 Å². The first kappa shape index (κ1) is 15.4. The molecule has 0 heterocycles. The van der Waals surface area contributed by atoms with Crippen molar-refractivity contribution >= 4 is 18.0 Å². The maximum atomic E-state index is 12.2. The number of carbonyl (C=O) groups excluding carboxylic acids is 1. The van der Waals surface area contributed by atoms with Gasteiger partial charge in [0.1, 0.15) is 0 Å². The molecular formula is C15H16N2O3.